The van der Waals surface area contributed by atoms with Crippen LogP contribution in [0.3, 0.4) is 0 Å². The lowest BCUT2D eigenvalue weighted by molar-refractivity contribution is -0.141. The molecule has 2 N–H and O–H groups in total. The second-order valence-corrected chi connectivity index (χ2v) is 4.61. The first-order valence-electron chi connectivity index (χ1n) is 6.10. The first-order valence-corrected chi connectivity index (χ1v) is 6.10. The van der Waals surface area contributed by atoms with E-state index in [0.29, 0.717) is 13.0 Å². The largest absolute Gasteiger partial charge is 0.480 e. The van der Waals surface area contributed by atoms with E-state index in [-0.39, 0.29) is 18.3 Å². The molecule has 0 heterocycles. The van der Waals surface area contributed by atoms with Crippen molar-refractivity contribution in [3.05, 3.63) is 0 Å². The fourth-order valence-corrected chi connectivity index (χ4v) is 1.42. The lowest BCUT2D eigenvalue weighted by Crippen LogP contribution is -2.49. The van der Waals surface area contributed by atoms with Crippen LogP contribution >= 0.6 is 0 Å². The smallest absolute Gasteiger partial charge is 0.326 e. The number of urea groups is 1. The highest BCUT2D eigenvalue weighted by Gasteiger charge is 2.24. The average molecular weight is 274 g/mol. The standard InChI is InChI=1S/C12H22N2O5/c1-8(2)10(11(16)17)13-12(18)14(3)7-5-6-9(15)19-4/h8,10H,5-7H2,1-4H3,(H,13,18)(H,16,17). The fraction of sp³-hybridized carbons (Fsp3) is 0.750. The number of hydrogen-bond donors (Lipinski definition) is 2. The number of rotatable bonds is 7. The molecule has 110 valence electrons. The number of esters is 1. The van der Waals surface area contributed by atoms with Crippen LogP contribution in [0.4, 0.5) is 4.79 Å². The summed E-state index contributed by atoms with van der Waals surface area (Å²) in [5, 5.41) is 11.4. The Labute approximate surface area is 112 Å². The molecule has 0 aromatic rings. The maximum Gasteiger partial charge on any atom is 0.326 e. The zero-order chi connectivity index (χ0) is 15.0. The van der Waals surface area contributed by atoms with E-state index in [1.807, 2.05) is 0 Å². The van der Waals surface area contributed by atoms with Crippen LogP contribution in [0.5, 0.6) is 0 Å². The Hall–Kier alpha value is -1.79. The number of carbonyl (C=O) groups excluding carboxylic acids is 2. The number of methoxy groups -OCH3 is 1. The summed E-state index contributed by atoms with van der Waals surface area (Å²) < 4.78 is 4.48. The number of carboxylic acids is 1. The minimum Gasteiger partial charge on any atom is -0.480 e. The van der Waals surface area contributed by atoms with Gasteiger partial charge in [0.05, 0.1) is 7.11 Å². The third kappa shape index (κ3) is 6.64. The quantitative estimate of drug-likeness (QED) is 0.666. The number of nitrogens with one attached hydrogen (secondary N) is 1. The van der Waals surface area contributed by atoms with E-state index in [1.54, 1.807) is 20.9 Å². The van der Waals surface area contributed by atoms with Crippen LogP contribution in [0.15, 0.2) is 0 Å². The van der Waals surface area contributed by atoms with Crippen molar-refractivity contribution in [1.29, 1.82) is 0 Å². The van der Waals surface area contributed by atoms with E-state index in [1.165, 1.54) is 12.0 Å². The Kier molecular flexibility index (Phi) is 7.55. The number of carbonyl (C=O) groups is 3. The maximum atomic E-state index is 11.7. The van der Waals surface area contributed by atoms with Gasteiger partial charge in [0, 0.05) is 20.0 Å². The molecule has 0 radical (unpaired) electrons. The van der Waals surface area contributed by atoms with E-state index in [2.05, 4.69) is 10.1 Å². The molecule has 7 heteroatoms. The summed E-state index contributed by atoms with van der Waals surface area (Å²) >= 11 is 0. The molecule has 0 spiro atoms. The minimum absolute atomic E-state index is 0.204. The predicted octanol–water partition coefficient (Wildman–Crippen LogP) is 0.690. The Morgan fingerprint density at radius 3 is 2.32 bits per heavy atom. The Morgan fingerprint density at radius 2 is 1.89 bits per heavy atom. The van der Waals surface area contributed by atoms with E-state index >= 15 is 0 Å². The first kappa shape index (κ1) is 17.2. The molecule has 1 unspecified atom stereocenters. The molecule has 0 aliphatic carbocycles. The van der Waals surface area contributed by atoms with Crippen LogP contribution in [0.2, 0.25) is 0 Å². The molecule has 0 bridgehead atoms. The lowest BCUT2D eigenvalue weighted by atomic mass is 10.1. The second kappa shape index (κ2) is 8.34. The monoisotopic (exact) mass is 274 g/mol. The zero-order valence-electron chi connectivity index (χ0n) is 11.8. The highest BCUT2D eigenvalue weighted by molar-refractivity contribution is 5.82. The van der Waals surface area contributed by atoms with Gasteiger partial charge in [-0.3, -0.25) is 4.79 Å². The van der Waals surface area contributed by atoms with Crippen LogP contribution in [-0.2, 0) is 14.3 Å². The summed E-state index contributed by atoms with van der Waals surface area (Å²) in [4.78, 5) is 34.9. The predicted molar refractivity (Wildman–Crippen MR) is 68.7 cm³/mol. The molecule has 19 heavy (non-hydrogen) atoms. The molecular weight excluding hydrogens is 252 g/mol. The molecule has 0 rings (SSSR count). The summed E-state index contributed by atoms with van der Waals surface area (Å²) in [6, 6.07) is -1.39. The van der Waals surface area contributed by atoms with Crippen molar-refractivity contribution in [3.63, 3.8) is 0 Å². The third-order valence-electron chi connectivity index (χ3n) is 2.66. The van der Waals surface area contributed by atoms with Gasteiger partial charge in [0.1, 0.15) is 6.04 Å². The second-order valence-electron chi connectivity index (χ2n) is 4.61. The average Bonchev–Trinajstić information content (AvgIpc) is 2.34. The maximum absolute atomic E-state index is 11.7. The molecule has 0 aromatic carbocycles. The summed E-state index contributed by atoms with van der Waals surface area (Å²) in [6.07, 6.45) is 0.691. The van der Waals surface area contributed by atoms with Gasteiger partial charge < -0.3 is 20.1 Å². The van der Waals surface area contributed by atoms with Crippen molar-refractivity contribution >= 4 is 18.0 Å². The highest BCUT2D eigenvalue weighted by Crippen LogP contribution is 2.03. The molecule has 0 saturated carbocycles. The Morgan fingerprint density at radius 1 is 1.32 bits per heavy atom. The summed E-state index contributed by atoms with van der Waals surface area (Å²) in [5.41, 5.74) is 0. The van der Waals surface area contributed by atoms with Crippen molar-refractivity contribution in [2.45, 2.75) is 32.7 Å². The molecule has 0 fully saturated rings. The summed E-state index contributed by atoms with van der Waals surface area (Å²) in [6.45, 7) is 3.79. The number of hydrogen-bond acceptors (Lipinski definition) is 4. The minimum atomic E-state index is -1.06. The molecular formula is C12H22N2O5. The van der Waals surface area contributed by atoms with E-state index in [0.717, 1.165) is 0 Å². The van der Waals surface area contributed by atoms with Gasteiger partial charge in [-0.2, -0.15) is 0 Å². The molecule has 0 aliphatic rings. The fourth-order valence-electron chi connectivity index (χ4n) is 1.42. The zero-order valence-corrected chi connectivity index (χ0v) is 11.8. The molecule has 0 saturated heterocycles. The van der Waals surface area contributed by atoms with Crippen molar-refractivity contribution < 1.29 is 24.2 Å². The number of carboxylic acid groups (broad SMARTS) is 1. The normalized spacial score (nSPS) is 11.8. The van der Waals surface area contributed by atoms with Crippen LogP contribution < -0.4 is 5.32 Å². The van der Waals surface area contributed by atoms with Gasteiger partial charge in [0.15, 0.2) is 0 Å². The lowest BCUT2D eigenvalue weighted by Gasteiger charge is -2.23. The van der Waals surface area contributed by atoms with E-state index in [9.17, 15) is 14.4 Å². The van der Waals surface area contributed by atoms with Crippen molar-refractivity contribution in [3.8, 4) is 0 Å². The molecule has 0 aliphatic heterocycles. The van der Waals surface area contributed by atoms with Crippen molar-refractivity contribution in [1.82, 2.24) is 10.2 Å². The van der Waals surface area contributed by atoms with Crippen LogP contribution in [-0.4, -0.2) is 54.7 Å². The molecule has 1 atom stereocenters. The van der Waals surface area contributed by atoms with E-state index < -0.39 is 18.0 Å². The Balaban J connectivity index is 4.18. The van der Waals surface area contributed by atoms with Gasteiger partial charge in [-0.05, 0) is 12.3 Å². The van der Waals surface area contributed by atoms with Gasteiger partial charge >= 0.3 is 18.0 Å². The number of amides is 2. The first-order chi connectivity index (χ1) is 8.79. The van der Waals surface area contributed by atoms with Gasteiger partial charge in [0.2, 0.25) is 0 Å². The summed E-state index contributed by atoms with van der Waals surface area (Å²) in [7, 11) is 2.85. The van der Waals surface area contributed by atoms with Crippen molar-refractivity contribution in [2.75, 3.05) is 20.7 Å². The summed E-state index contributed by atoms with van der Waals surface area (Å²) in [5.74, 6) is -1.60. The number of aliphatic carboxylic acids is 1. The molecule has 2 amide bonds. The SMILES string of the molecule is COC(=O)CCCN(C)C(=O)NC(C(=O)O)C(C)C. The van der Waals surface area contributed by atoms with Gasteiger partial charge in [0.25, 0.3) is 0 Å². The van der Waals surface area contributed by atoms with Gasteiger partial charge in [-0.1, -0.05) is 13.8 Å². The van der Waals surface area contributed by atoms with E-state index in [4.69, 9.17) is 5.11 Å². The Bertz CT molecular complexity index is 330. The number of ether oxygens (including phenoxy) is 1. The van der Waals surface area contributed by atoms with Gasteiger partial charge in [-0.15, -0.1) is 0 Å². The topological polar surface area (TPSA) is 95.9 Å². The van der Waals surface area contributed by atoms with Gasteiger partial charge in [-0.25, -0.2) is 9.59 Å². The van der Waals surface area contributed by atoms with Crippen LogP contribution in [0, 0.1) is 5.92 Å². The highest BCUT2D eigenvalue weighted by atomic mass is 16.5. The third-order valence-corrected chi connectivity index (χ3v) is 2.66. The molecule has 7 nitrogen and oxygen atoms in total. The van der Waals surface area contributed by atoms with Crippen LogP contribution in [0.25, 0.3) is 0 Å². The molecule has 0 aromatic heterocycles. The number of nitrogens with zero attached hydrogens (tertiary/aromatic N) is 1. The van der Waals surface area contributed by atoms with Crippen molar-refractivity contribution in [2.24, 2.45) is 5.92 Å². The van der Waals surface area contributed by atoms with Crippen LogP contribution in [0.1, 0.15) is 26.7 Å².